The average molecular weight is 124 g/mol. The summed E-state index contributed by atoms with van der Waals surface area (Å²) in [5.74, 6) is -0.0695. The van der Waals surface area contributed by atoms with Gasteiger partial charge in [-0.25, -0.2) is 0 Å². The fourth-order valence-corrected chi connectivity index (χ4v) is 0.571. The Kier molecular flexibility index (Phi) is 1.53. The largest absolute Gasteiger partial charge is 0.469 e. The summed E-state index contributed by atoms with van der Waals surface area (Å²) in [6, 6.07) is 3.37. The lowest BCUT2D eigenvalue weighted by Crippen LogP contribution is -2.00. The molecule has 1 radical (unpaired) electrons. The second-order valence-corrected chi connectivity index (χ2v) is 1.68. The van der Waals surface area contributed by atoms with Crippen LogP contribution in [-0.4, -0.2) is 5.91 Å². The van der Waals surface area contributed by atoms with Gasteiger partial charge in [-0.2, -0.15) is 0 Å². The highest BCUT2D eigenvalue weighted by Gasteiger charge is 1.99. The number of carbonyl (C=O) groups excluding carboxylic acids is 1. The molecule has 0 aliphatic rings. The molecule has 1 heterocycles. The van der Waals surface area contributed by atoms with Crippen LogP contribution in [0.3, 0.4) is 0 Å². The van der Waals surface area contributed by atoms with Crippen LogP contribution in [0.1, 0.15) is 5.76 Å². The Balaban J connectivity index is 2.58. The van der Waals surface area contributed by atoms with E-state index in [0.29, 0.717) is 5.76 Å². The van der Waals surface area contributed by atoms with Crippen LogP contribution < -0.4 is 5.73 Å². The predicted molar refractivity (Wildman–Crippen MR) is 30.5 cm³/mol. The van der Waals surface area contributed by atoms with Crippen LogP contribution in [0.5, 0.6) is 0 Å². The van der Waals surface area contributed by atoms with Crippen LogP contribution in [-0.2, 0) is 11.2 Å². The molecule has 0 saturated carbocycles. The number of furan rings is 1. The molecule has 1 N–H and O–H groups in total. The molecule has 0 fully saturated rings. The van der Waals surface area contributed by atoms with E-state index >= 15 is 0 Å². The molecule has 0 aromatic carbocycles. The van der Waals surface area contributed by atoms with Crippen molar-refractivity contribution in [3.05, 3.63) is 24.2 Å². The normalized spacial score (nSPS) is 9.33. The van der Waals surface area contributed by atoms with Crippen LogP contribution in [0.15, 0.2) is 22.8 Å². The zero-order chi connectivity index (χ0) is 6.69. The molecular formula is C6H6NO2. The summed E-state index contributed by atoms with van der Waals surface area (Å²) < 4.78 is 4.80. The molecule has 47 valence electrons. The van der Waals surface area contributed by atoms with Crippen molar-refractivity contribution in [2.24, 2.45) is 0 Å². The van der Waals surface area contributed by atoms with Gasteiger partial charge in [-0.3, -0.25) is 10.5 Å². The van der Waals surface area contributed by atoms with Gasteiger partial charge in [-0.05, 0) is 12.1 Å². The quantitative estimate of drug-likeness (QED) is 0.580. The van der Waals surface area contributed by atoms with Crippen molar-refractivity contribution in [3.63, 3.8) is 0 Å². The number of amides is 1. The number of nitrogens with one attached hydrogen (secondary N) is 1. The third-order valence-corrected chi connectivity index (χ3v) is 0.915. The van der Waals surface area contributed by atoms with Crippen LogP contribution in [0.4, 0.5) is 0 Å². The van der Waals surface area contributed by atoms with E-state index in [4.69, 9.17) is 10.2 Å². The summed E-state index contributed by atoms with van der Waals surface area (Å²) in [6.07, 6.45) is 1.56. The van der Waals surface area contributed by atoms with E-state index in [1.54, 1.807) is 12.1 Å². The number of carbonyl (C=O) groups is 1. The van der Waals surface area contributed by atoms with E-state index in [9.17, 15) is 4.79 Å². The van der Waals surface area contributed by atoms with Crippen LogP contribution in [0, 0.1) is 0 Å². The first-order valence-electron chi connectivity index (χ1n) is 2.56. The molecule has 0 unspecified atom stereocenters. The molecule has 0 saturated heterocycles. The Morgan fingerprint density at radius 1 is 1.78 bits per heavy atom. The fourth-order valence-electron chi connectivity index (χ4n) is 0.571. The fraction of sp³-hybridized carbons (Fsp3) is 0.167. The Bertz CT molecular complexity index is 191. The highest BCUT2D eigenvalue weighted by Crippen LogP contribution is 1.99. The maximum Gasteiger partial charge on any atom is 0.246 e. The third-order valence-electron chi connectivity index (χ3n) is 0.915. The van der Waals surface area contributed by atoms with Crippen molar-refractivity contribution in [3.8, 4) is 0 Å². The molecule has 1 rings (SSSR count). The van der Waals surface area contributed by atoms with Gasteiger partial charge in [-0.1, -0.05) is 0 Å². The third kappa shape index (κ3) is 1.60. The highest BCUT2D eigenvalue weighted by atomic mass is 16.3. The van der Waals surface area contributed by atoms with Gasteiger partial charge in [0.2, 0.25) is 5.91 Å². The topological polar surface area (TPSA) is 54.0 Å². The van der Waals surface area contributed by atoms with Crippen molar-refractivity contribution < 1.29 is 9.21 Å². The minimum Gasteiger partial charge on any atom is -0.469 e. The second kappa shape index (κ2) is 2.35. The van der Waals surface area contributed by atoms with Gasteiger partial charge in [0, 0.05) is 0 Å². The van der Waals surface area contributed by atoms with Crippen LogP contribution >= 0.6 is 0 Å². The van der Waals surface area contributed by atoms with E-state index < -0.39 is 5.91 Å². The lowest BCUT2D eigenvalue weighted by molar-refractivity contribution is -0.118. The molecule has 0 bridgehead atoms. The molecule has 9 heavy (non-hydrogen) atoms. The standard InChI is InChI=1S/C6H6NO2/c7-6(8)4-5-2-1-3-9-5/h1-3,7H,4H2. The predicted octanol–water partition coefficient (Wildman–Crippen LogP) is 0.632. The molecule has 0 spiro atoms. The summed E-state index contributed by atoms with van der Waals surface area (Å²) >= 11 is 0. The highest BCUT2D eigenvalue weighted by molar-refractivity contribution is 5.75. The molecule has 0 aliphatic carbocycles. The van der Waals surface area contributed by atoms with Gasteiger partial charge in [0.15, 0.2) is 0 Å². The summed E-state index contributed by atoms with van der Waals surface area (Å²) in [6.45, 7) is 0. The van der Waals surface area contributed by atoms with Gasteiger partial charge in [0.05, 0.1) is 12.7 Å². The molecule has 3 nitrogen and oxygen atoms in total. The Labute approximate surface area is 52.5 Å². The molecule has 0 aliphatic heterocycles. The molecule has 1 aromatic heterocycles. The van der Waals surface area contributed by atoms with Crippen molar-refractivity contribution in [2.75, 3.05) is 0 Å². The summed E-state index contributed by atoms with van der Waals surface area (Å²) in [7, 11) is 0. The van der Waals surface area contributed by atoms with Gasteiger partial charge in [-0.15, -0.1) is 0 Å². The van der Waals surface area contributed by atoms with E-state index in [-0.39, 0.29) is 6.42 Å². The minimum atomic E-state index is -0.620. The SMILES string of the molecule is [NH]C(=O)Cc1ccco1. The van der Waals surface area contributed by atoms with E-state index in [2.05, 4.69) is 0 Å². The van der Waals surface area contributed by atoms with Crippen LogP contribution in [0.2, 0.25) is 0 Å². The first kappa shape index (κ1) is 5.88. The number of hydrogen-bond acceptors (Lipinski definition) is 2. The molecule has 1 amide bonds. The van der Waals surface area contributed by atoms with Gasteiger partial charge in [0.25, 0.3) is 0 Å². The molecule has 3 heteroatoms. The summed E-state index contributed by atoms with van der Waals surface area (Å²) in [5.41, 5.74) is 6.56. The zero-order valence-electron chi connectivity index (χ0n) is 4.76. The second-order valence-electron chi connectivity index (χ2n) is 1.68. The monoisotopic (exact) mass is 124 g/mol. The van der Waals surface area contributed by atoms with Crippen molar-refractivity contribution >= 4 is 5.91 Å². The van der Waals surface area contributed by atoms with Gasteiger partial charge >= 0.3 is 0 Å². The number of hydrogen-bond donors (Lipinski definition) is 0. The first-order valence-corrected chi connectivity index (χ1v) is 2.56. The van der Waals surface area contributed by atoms with Crippen molar-refractivity contribution in [2.45, 2.75) is 6.42 Å². The maximum atomic E-state index is 10.1. The Hall–Kier alpha value is -1.25. The molecule has 1 aromatic rings. The van der Waals surface area contributed by atoms with Crippen molar-refractivity contribution in [1.29, 1.82) is 0 Å². The van der Waals surface area contributed by atoms with Crippen molar-refractivity contribution in [1.82, 2.24) is 5.73 Å². The average Bonchev–Trinajstić information content (AvgIpc) is 2.15. The molecule has 0 atom stereocenters. The summed E-state index contributed by atoms with van der Waals surface area (Å²) in [4.78, 5) is 10.1. The lowest BCUT2D eigenvalue weighted by Gasteiger charge is -1.85. The van der Waals surface area contributed by atoms with Crippen LogP contribution in [0.25, 0.3) is 0 Å². The maximum absolute atomic E-state index is 10.1. The summed E-state index contributed by atoms with van der Waals surface area (Å²) in [5, 5.41) is 0. The van der Waals surface area contributed by atoms with E-state index in [1.165, 1.54) is 6.26 Å². The Morgan fingerprint density at radius 3 is 3.00 bits per heavy atom. The first-order chi connectivity index (χ1) is 4.29. The van der Waals surface area contributed by atoms with Gasteiger partial charge < -0.3 is 4.42 Å². The molecular weight excluding hydrogens is 118 g/mol. The lowest BCUT2D eigenvalue weighted by atomic mass is 10.3. The minimum absolute atomic E-state index is 0.0764. The number of rotatable bonds is 2. The zero-order valence-corrected chi connectivity index (χ0v) is 4.76. The smallest absolute Gasteiger partial charge is 0.246 e. The van der Waals surface area contributed by atoms with Gasteiger partial charge in [0.1, 0.15) is 5.76 Å². The van der Waals surface area contributed by atoms with E-state index in [0.717, 1.165) is 0 Å². The Morgan fingerprint density at radius 2 is 2.56 bits per heavy atom. The van der Waals surface area contributed by atoms with E-state index in [1.807, 2.05) is 0 Å².